The lowest BCUT2D eigenvalue weighted by Crippen LogP contribution is -2.45. The molecule has 0 bridgehead atoms. The maximum absolute atomic E-state index is 12.7. The average molecular weight is 456 g/mol. The summed E-state index contributed by atoms with van der Waals surface area (Å²) in [7, 11) is -0.580. The molecule has 2 aromatic rings. The minimum Gasteiger partial charge on any atom is -0.368 e. The zero-order valence-corrected chi connectivity index (χ0v) is 17.8. The molecule has 0 unspecified atom stereocenters. The van der Waals surface area contributed by atoms with E-state index in [0.717, 1.165) is 37.4 Å². The number of hydrogen-bond acceptors (Lipinski definition) is 5. The fraction of sp³-hybridized carbons (Fsp3) is 0.350. The molecule has 1 aliphatic rings. The van der Waals surface area contributed by atoms with Crippen LogP contribution in [0.15, 0.2) is 47.4 Å². The van der Waals surface area contributed by atoms with Gasteiger partial charge in [0.1, 0.15) is 4.90 Å². The monoisotopic (exact) mass is 456 g/mol. The van der Waals surface area contributed by atoms with Crippen LogP contribution >= 0.6 is 0 Å². The molecule has 0 aliphatic carbocycles. The quantitative estimate of drug-likeness (QED) is 0.723. The highest BCUT2D eigenvalue weighted by Gasteiger charge is 2.30. The van der Waals surface area contributed by atoms with Gasteiger partial charge >= 0.3 is 6.18 Å². The van der Waals surface area contributed by atoms with Gasteiger partial charge in [0.05, 0.1) is 11.3 Å². The Morgan fingerprint density at radius 1 is 1.00 bits per heavy atom. The zero-order valence-electron chi connectivity index (χ0n) is 17.0. The van der Waals surface area contributed by atoms with Gasteiger partial charge in [-0.15, -0.1) is 0 Å². The van der Waals surface area contributed by atoms with Crippen LogP contribution in [0.25, 0.3) is 0 Å². The summed E-state index contributed by atoms with van der Waals surface area (Å²) in [5, 5.41) is 2.50. The first-order chi connectivity index (χ1) is 14.5. The average Bonchev–Trinajstić information content (AvgIpc) is 2.73. The summed E-state index contributed by atoms with van der Waals surface area (Å²) in [6, 6.07) is 8.37. The molecule has 2 N–H and O–H groups in total. The van der Waals surface area contributed by atoms with Crippen molar-refractivity contribution >= 4 is 27.3 Å². The minimum atomic E-state index is -4.47. The number of piperazine rings is 1. The van der Waals surface area contributed by atoms with E-state index in [9.17, 15) is 26.4 Å². The molecule has 1 saturated heterocycles. The van der Waals surface area contributed by atoms with Gasteiger partial charge in [-0.2, -0.15) is 13.2 Å². The number of sulfonamides is 1. The van der Waals surface area contributed by atoms with Crippen LogP contribution in [0.5, 0.6) is 0 Å². The highest BCUT2D eigenvalue weighted by Crippen LogP contribution is 2.30. The van der Waals surface area contributed by atoms with Crippen molar-refractivity contribution < 1.29 is 26.4 Å². The van der Waals surface area contributed by atoms with E-state index in [0.29, 0.717) is 18.8 Å². The fourth-order valence-corrected chi connectivity index (χ4v) is 4.21. The molecule has 2 aromatic carbocycles. The number of hydrogen-bond donors (Lipinski definition) is 2. The van der Waals surface area contributed by atoms with E-state index in [4.69, 9.17) is 0 Å². The van der Waals surface area contributed by atoms with Crippen molar-refractivity contribution in [3.63, 3.8) is 0 Å². The summed E-state index contributed by atoms with van der Waals surface area (Å²) < 4.78 is 65.6. The Kier molecular flexibility index (Phi) is 6.58. The first-order valence-corrected chi connectivity index (χ1v) is 11.0. The standard InChI is InChI=1S/C20H23F3N4O3S/c1-24-31(29,30)18-13-14(3-8-17(18)27-11-9-26(2)10-12-27)19(28)25-16-6-4-15(5-7-16)20(21,22)23/h3-8,13,24H,9-12H2,1-2H3,(H,25,28). The summed E-state index contributed by atoms with van der Waals surface area (Å²) in [6.45, 7) is 2.82. The van der Waals surface area contributed by atoms with Gasteiger partial charge in [0.15, 0.2) is 0 Å². The van der Waals surface area contributed by atoms with Crippen molar-refractivity contribution in [3.05, 3.63) is 53.6 Å². The van der Waals surface area contributed by atoms with Crippen molar-refractivity contribution in [3.8, 4) is 0 Å². The van der Waals surface area contributed by atoms with Crippen LogP contribution in [-0.2, 0) is 16.2 Å². The first-order valence-electron chi connectivity index (χ1n) is 9.51. The Balaban J connectivity index is 1.87. The third-order valence-corrected chi connectivity index (χ3v) is 6.54. The molecule has 1 heterocycles. The molecule has 0 atom stereocenters. The van der Waals surface area contributed by atoms with Crippen molar-refractivity contribution in [2.24, 2.45) is 0 Å². The van der Waals surface area contributed by atoms with Gasteiger partial charge in [-0.1, -0.05) is 0 Å². The van der Waals surface area contributed by atoms with Crippen LogP contribution in [0, 0.1) is 0 Å². The molecule has 1 fully saturated rings. The smallest absolute Gasteiger partial charge is 0.368 e. The Labute approximate surface area is 178 Å². The lowest BCUT2D eigenvalue weighted by Gasteiger charge is -2.35. The number of rotatable bonds is 5. The van der Waals surface area contributed by atoms with Gasteiger partial charge in [0.2, 0.25) is 10.0 Å². The van der Waals surface area contributed by atoms with E-state index >= 15 is 0 Å². The van der Waals surface area contributed by atoms with Crippen LogP contribution in [0.3, 0.4) is 0 Å². The number of carbonyl (C=O) groups is 1. The Bertz CT molecular complexity index is 1050. The summed E-state index contributed by atoms with van der Waals surface area (Å²) in [6.07, 6.45) is -4.47. The molecule has 0 saturated carbocycles. The van der Waals surface area contributed by atoms with Crippen LogP contribution < -0.4 is 14.9 Å². The van der Waals surface area contributed by atoms with Crippen molar-refractivity contribution in [1.29, 1.82) is 0 Å². The van der Waals surface area contributed by atoms with E-state index in [1.165, 1.54) is 19.2 Å². The lowest BCUT2D eigenvalue weighted by atomic mass is 10.1. The summed E-state index contributed by atoms with van der Waals surface area (Å²) in [5.41, 5.74) is -0.0938. The second-order valence-electron chi connectivity index (χ2n) is 7.21. The van der Waals surface area contributed by atoms with E-state index in [2.05, 4.69) is 14.9 Å². The molecule has 0 radical (unpaired) electrons. The number of alkyl halides is 3. The molecule has 3 rings (SSSR count). The van der Waals surface area contributed by atoms with Gasteiger partial charge in [0, 0.05) is 37.4 Å². The first kappa shape index (κ1) is 23.0. The molecule has 31 heavy (non-hydrogen) atoms. The molecule has 0 aromatic heterocycles. The highest BCUT2D eigenvalue weighted by molar-refractivity contribution is 7.89. The maximum Gasteiger partial charge on any atom is 0.416 e. The van der Waals surface area contributed by atoms with E-state index in [1.807, 2.05) is 11.9 Å². The predicted octanol–water partition coefficient (Wildman–Crippen LogP) is 2.62. The van der Waals surface area contributed by atoms with Gasteiger partial charge in [-0.25, -0.2) is 13.1 Å². The highest BCUT2D eigenvalue weighted by atomic mass is 32.2. The van der Waals surface area contributed by atoms with Crippen LogP contribution in [0.4, 0.5) is 24.5 Å². The Morgan fingerprint density at radius 2 is 1.61 bits per heavy atom. The van der Waals surface area contributed by atoms with E-state index < -0.39 is 27.7 Å². The van der Waals surface area contributed by atoms with Crippen molar-refractivity contribution in [2.75, 3.05) is 50.5 Å². The van der Waals surface area contributed by atoms with Crippen molar-refractivity contribution in [1.82, 2.24) is 9.62 Å². The predicted molar refractivity (Wildman–Crippen MR) is 112 cm³/mol. The topological polar surface area (TPSA) is 81.7 Å². The van der Waals surface area contributed by atoms with E-state index in [1.54, 1.807) is 6.07 Å². The van der Waals surface area contributed by atoms with Gasteiger partial charge in [-0.05, 0) is 56.6 Å². The number of carbonyl (C=O) groups excluding carboxylic acids is 1. The van der Waals surface area contributed by atoms with Crippen molar-refractivity contribution in [2.45, 2.75) is 11.1 Å². The Hall–Kier alpha value is -2.63. The normalized spacial score (nSPS) is 15.7. The maximum atomic E-state index is 12.7. The number of nitrogens with one attached hydrogen (secondary N) is 2. The summed E-state index contributed by atoms with van der Waals surface area (Å²) in [4.78, 5) is 16.7. The largest absolute Gasteiger partial charge is 0.416 e. The molecule has 1 amide bonds. The van der Waals surface area contributed by atoms with Crippen LogP contribution in [0.2, 0.25) is 0 Å². The van der Waals surface area contributed by atoms with Gasteiger partial charge < -0.3 is 15.1 Å². The third-order valence-electron chi connectivity index (χ3n) is 5.09. The molecular weight excluding hydrogens is 433 g/mol. The SMILES string of the molecule is CNS(=O)(=O)c1cc(C(=O)Nc2ccc(C(F)(F)F)cc2)ccc1N1CCN(C)CC1. The number of benzene rings is 2. The fourth-order valence-electron chi connectivity index (χ4n) is 3.23. The van der Waals surface area contributed by atoms with Gasteiger partial charge in [-0.3, -0.25) is 4.79 Å². The number of amides is 1. The Morgan fingerprint density at radius 3 is 2.16 bits per heavy atom. The van der Waals surface area contributed by atoms with E-state index in [-0.39, 0.29) is 16.1 Å². The van der Waals surface area contributed by atoms with Crippen LogP contribution in [0.1, 0.15) is 15.9 Å². The number of nitrogens with zero attached hydrogens (tertiary/aromatic N) is 2. The molecule has 0 spiro atoms. The number of halogens is 3. The molecule has 11 heteroatoms. The summed E-state index contributed by atoms with van der Waals surface area (Å²) in [5.74, 6) is -0.628. The zero-order chi connectivity index (χ0) is 22.8. The second kappa shape index (κ2) is 8.85. The third kappa shape index (κ3) is 5.35. The second-order valence-corrected chi connectivity index (χ2v) is 9.06. The number of anilines is 2. The molecule has 1 aliphatic heterocycles. The summed E-state index contributed by atoms with van der Waals surface area (Å²) >= 11 is 0. The van der Waals surface area contributed by atoms with Crippen LogP contribution in [-0.4, -0.2) is 59.5 Å². The molecule has 168 valence electrons. The lowest BCUT2D eigenvalue weighted by molar-refractivity contribution is -0.137. The molecule has 7 nitrogen and oxygen atoms in total. The number of likely N-dealkylation sites (N-methyl/N-ethyl adjacent to an activating group) is 1. The minimum absolute atomic E-state index is 0.0281. The molecular formula is C20H23F3N4O3S. The van der Waals surface area contributed by atoms with Gasteiger partial charge in [0.25, 0.3) is 5.91 Å².